The number of aryl methyl sites for hydroxylation is 1. The molecular weight excluding hydrogens is 312 g/mol. The van der Waals surface area contributed by atoms with Crippen molar-refractivity contribution in [3.05, 3.63) is 59.9 Å². The Balaban J connectivity index is 1.87. The van der Waals surface area contributed by atoms with Crippen molar-refractivity contribution in [3.63, 3.8) is 0 Å². The van der Waals surface area contributed by atoms with E-state index in [0.29, 0.717) is 24.9 Å². The van der Waals surface area contributed by atoms with E-state index in [1.807, 2.05) is 12.1 Å². The summed E-state index contributed by atoms with van der Waals surface area (Å²) >= 11 is 0. The van der Waals surface area contributed by atoms with Crippen LogP contribution in [0.3, 0.4) is 0 Å². The van der Waals surface area contributed by atoms with Crippen molar-refractivity contribution in [1.29, 1.82) is 0 Å². The molecule has 0 aliphatic heterocycles. The summed E-state index contributed by atoms with van der Waals surface area (Å²) in [6.07, 6.45) is 4.97. The van der Waals surface area contributed by atoms with Gasteiger partial charge in [0.2, 0.25) is 10.0 Å². The van der Waals surface area contributed by atoms with Gasteiger partial charge in [-0.2, -0.15) is 0 Å². The molecule has 6 heteroatoms. The van der Waals surface area contributed by atoms with Gasteiger partial charge in [-0.15, -0.1) is 0 Å². The smallest absolute Gasteiger partial charge is 0.232 e. The minimum absolute atomic E-state index is 0.0293. The Labute approximate surface area is 136 Å². The molecule has 0 unspecified atom stereocenters. The minimum Gasteiger partial charge on any atom is -0.299 e. The molecule has 0 spiro atoms. The van der Waals surface area contributed by atoms with Crippen molar-refractivity contribution < 1.29 is 13.2 Å². The normalized spacial score (nSPS) is 11.2. The summed E-state index contributed by atoms with van der Waals surface area (Å²) in [5, 5.41) is 0. The molecule has 0 radical (unpaired) electrons. The van der Waals surface area contributed by atoms with Crippen LogP contribution >= 0.6 is 0 Å². The second-order valence-electron chi connectivity index (χ2n) is 5.28. The van der Waals surface area contributed by atoms with Gasteiger partial charge in [0.25, 0.3) is 0 Å². The fourth-order valence-corrected chi connectivity index (χ4v) is 2.73. The first-order valence-electron chi connectivity index (χ1n) is 7.48. The van der Waals surface area contributed by atoms with Crippen LogP contribution in [0.1, 0.15) is 24.5 Å². The molecule has 2 rings (SSSR count). The number of carbonyl (C=O) groups excluding carboxylic acids is 1. The van der Waals surface area contributed by atoms with Crippen molar-refractivity contribution in [3.8, 4) is 0 Å². The van der Waals surface area contributed by atoms with Crippen LogP contribution in [0, 0.1) is 0 Å². The van der Waals surface area contributed by atoms with Gasteiger partial charge in [0.15, 0.2) is 0 Å². The predicted molar refractivity (Wildman–Crippen MR) is 90.8 cm³/mol. The molecule has 0 saturated carbocycles. The van der Waals surface area contributed by atoms with E-state index < -0.39 is 10.0 Å². The predicted octanol–water partition coefficient (Wildman–Crippen LogP) is 2.59. The largest absolute Gasteiger partial charge is 0.299 e. The number of pyridine rings is 1. The van der Waals surface area contributed by atoms with Crippen molar-refractivity contribution >= 4 is 21.5 Å². The first-order valence-corrected chi connectivity index (χ1v) is 9.14. The van der Waals surface area contributed by atoms with E-state index in [1.54, 1.807) is 43.6 Å². The van der Waals surface area contributed by atoms with E-state index >= 15 is 0 Å². The first-order chi connectivity index (χ1) is 11.0. The molecule has 1 aromatic carbocycles. The van der Waals surface area contributed by atoms with Gasteiger partial charge in [-0.25, -0.2) is 8.42 Å². The average Bonchev–Trinajstić information content (AvgIpc) is 2.55. The summed E-state index contributed by atoms with van der Waals surface area (Å²) < 4.78 is 25.4. The van der Waals surface area contributed by atoms with E-state index in [-0.39, 0.29) is 11.5 Å². The van der Waals surface area contributed by atoms with Crippen molar-refractivity contribution in [2.45, 2.75) is 26.2 Å². The van der Waals surface area contributed by atoms with Gasteiger partial charge < -0.3 is 0 Å². The van der Waals surface area contributed by atoms with E-state index in [0.717, 1.165) is 11.1 Å². The second kappa shape index (κ2) is 7.87. The standard InChI is InChI=1S/C17H20N2O3S/c1-2-23(21,22)19-16-8-5-14(6-9-16)12-17(20)10-7-15-4-3-11-18-13-15/h3-6,8-9,11,13,19H,2,7,10,12H2,1H3. The molecular formula is C17H20N2O3S. The van der Waals surface area contributed by atoms with Gasteiger partial charge in [0.05, 0.1) is 5.75 Å². The maximum absolute atomic E-state index is 12.0. The van der Waals surface area contributed by atoms with Crippen LogP contribution in [0.25, 0.3) is 0 Å². The number of nitrogens with zero attached hydrogens (tertiary/aromatic N) is 1. The zero-order valence-electron chi connectivity index (χ0n) is 13.0. The first kappa shape index (κ1) is 17.1. The summed E-state index contributed by atoms with van der Waals surface area (Å²) in [6.45, 7) is 1.58. The average molecular weight is 332 g/mol. The Hall–Kier alpha value is -2.21. The topological polar surface area (TPSA) is 76.1 Å². The number of benzene rings is 1. The van der Waals surface area contributed by atoms with Gasteiger partial charge in [-0.3, -0.25) is 14.5 Å². The van der Waals surface area contributed by atoms with Crippen LogP contribution < -0.4 is 4.72 Å². The molecule has 2 aromatic rings. The summed E-state index contributed by atoms with van der Waals surface area (Å²) in [6, 6.07) is 10.7. The number of rotatable bonds is 8. The fraction of sp³-hybridized carbons (Fsp3) is 0.294. The molecule has 0 saturated heterocycles. The molecule has 0 amide bonds. The number of anilines is 1. The minimum atomic E-state index is -3.27. The van der Waals surface area contributed by atoms with E-state index in [4.69, 9.17) is 0 Å². The summed E-state index contributed by atoms with van der Waals surface area (Å²) in [7, 11) is -3.27. The fourth-order valence-electron chi connectivity index (χ4n) is 2.09. The van der Waals surface area contributed by atoms with Gasteiger partial charge in [-0.1, -0.05) is 18.2 Å². The van der Waals surface area contributed by atoms with Crippen LogP contribution in [0.15, 0.2) is 48.8 Å². The maximum atomic E-state index is 12.0. The molecule has 0 bridgehead atoms. The van der Waals surface area contributed by atoms with Gasteiger partial charge in [0, 0.05) is 30.9 Å². The Kier molecular flexibility index (Phi) is 5.87. The molecule has 23 heavy (non-hydrogen) atoms. The second-order valence-corrected chi connectivity index (χ2v) is 7.29. The molecule has 1 heterocycles. The zero-order valence-corrected chi connectivity index (χ0v) is 13.8. The van der Waals surface area contributed by atoms with Crippen LogP contribution in [-0.2, 0) is 27.7 Å². The van der Waals surface area contributed by atoms with Crippen LogP contribution in [0.4, 0.5) is 5.69 Å². The molecule has 1 N–H and O–H groups in total. The zero-order chi connectivity index (χ0) is 16.7. The highest BCUT2D eigenvalue weighted by Crippen LogP contribution is 2.13. The molecule has 122 valence electrons. The lowest BCUT2D eigenvalue weighted by atomic mass is 10.0. The quantitative estimate of drug-likeness (QED) is 0.806. The SMILES string of the molecule is CCS(=O)(=O)Nc1ccc(CC(=O)CCc2cccnc2)cc1. The summed E-state index contributed by atoms with van der Waals surface area (Å²) in [4.78, 5) is 16.0. The number of Topliss-reactive ketones (excluding diaryl/α,β-unsaturated/α-hetero) is 1. The third kappa shape index (κ3) is 5.83. The van der Waals surface area contributed by atoms with Crippen LogP contribution in [-0.4, -0.2) is 24.9 Å². The number of sulfonamides is 1. The third-order valence-corrected chi connectivity index (χ3v) is 4.73. The van der Waals surface area contributed by atoms with Gasteiger partial charge in [-0.05, 0) is 42.7 Å². The van der Waals surface area contributed by atoms with Gasteiger partial charge >= 0.3 is 0 Å². The van der Waals surface area contributed by atoms with Crippen LogP contribution in [0.2, 0.25) is 0 Å². The summed E-state index contributed by atoms with van der Waals surface area (Å²) in [5.41, 5.74) is 2.43. The molecule has 0 atom stereocenters. The molecule has 5 nitrogen and oxygen atoms in total. The molecule has 0 aliphatic carbocycles. The van der Waals surface area contributed by atoms with Crippen molar-refractivity contribution in [1.82, 2.24) is 4.98 Å². The van der Waals surface area contributed by atoms with E-state index in [1.165, 1.54) is 0 Å². The highest BCUT2D eigenvalue weighted by molar-refractivity contribution is 7.92. The monoisotopic (exact) mass is 332 g/mol. The number of aromatic nitrogens is 1. The maximum Gasteiger partial charge on any atom is 0.232 e. The lowest BCUT2D eigenvalue weighted by Gasteiger charge is -2.07. The highest BCUT2D eigenvalue weighted by atomic mass is 32.2. The Bertz CT molecular complexity index is 741. The molecule has 0 aliphatic rings. The third-order valence-electron chi connectivity index (χ3n) is 3.42. The highest BCUT2D eigenvalue weighted by Gasteiger charge is 2.08. The number of carbonyl (C=O) groups is 1. The Morgan fingerprint density at radius 1 is 1.13 bits per heavy atom. The van der Waals surface area contributed by atoms with Crippen molar-refractivity contribution in [2.24, 2.45) is 0 Å². The number of ketones is 1. The van der Waals surface area contributed by atoms with E-state index in [2.05, 4.69) is 9.71 Å². The number of nitrogens with one attached hydrogen (secondary N) is 1. The van der Waals surface area contributed by atoms with Gasteiger partial charge in [0.1, 0.15) is 5.78 Å². The Morgan fingerprint density at radius 3 is 2.48 bits per heavy atom. The Morgan fingerprint density at radius 2 is 1.87 bits per heavy atom. The van der Waals surface area contributed by atoms with E-state index in [9.17, 15) is 13.2 Å². The van der Waals surface area contributed by atoms with Crippen molar-refractivity contribution in [2.75, 3.05) is 10.5 Å². The number of hydrogen-bond donors (Lipinski definition) is 1. The number of hydrogen-bond acceptors (Lipinski definition) is 4. The van der Waals surface area contributed by atoms with Crippen LogP contribution in [0.5, 0.6) is 0 Å². The molecule has 1 aromatic heterocycles. The summed E-state index contributed by atoms with van der Waals surface area (Å²) in [5.74, 6) is 0.178. The molecule has 0 fully saturated rings. The lowest BCUT2D eigenvalue weighted by Crippen LogP contribution is -2.14. The lowest BCUT2D eigenvalue weighted by molar-refractivity contribution is -0.118.